The zero-order chi connectivity index (χ0) is 24.8. The number of hydrogen-bond donors (Lipinski definition) is 1. The van der Waals surface area contributed by atoms with E-state index in [-0.39, 0.29) is 11.3 Å². The zero-order valence-corrected chi connectivity index (χ0v) is 20.6. The van der Waals surface area contributed by atoms with Crippen LogP contribution in [0.15, 0.2) is 48.0 Å². The molecule has 7 heteroatoms. The van der Waals surface area contributed by atoms with Gasteiger partial charge in [0, 0.05) is 12.1 Å². The molecular formula is C27H34N2O5. The van der Waals surface area contributed by atoms with Crippen LogP contribution in [0.1, 0.15) is 42.5 Å². The lowest BCUT2D eigenvalue weighted by Crippen LogP contribution is -2.32. The number of ether oxygens (including phenoxy) is 2. The van der Waals surface area contributed by atoms with E-state index in [1.54, 1.807) is 42.3 Å². The lowest BCUT2D eigenvalue weighted by atomic mass is 9.94. The Morgan fingerprint density at radius 2 is 1.91 bits per heavy atom. The fraction of sp³-hybridized carbons (Fsp3) is 0.407. The molecule has 0 aromatic heterocycles. The molecule has 1 amide bonds. The van der Waals surface area contributed by atoms with Crippen molar-refractivity contribution in [1.29, 1.82) is 0 Å². The van der Waals surface area contributed by atoms with Gasteiger partial charge in [0.25, 0.3) is 11.7 Å². The molecule has 0 saturated carbocycles. The Balaban J connectivity index is 2.08. The first-order valence-corrected chi connectivity index (χ1v) is 11.6. The first-order chi connectivity index (χ1) is 16.3. The van der Waals surface area contributed by atoms with E-state index in [1.165, 1.54) is 0 Å². The summed E-state index contributed by atoms with van der Waals surface area (Å²) in [6.07, 6.45) is 1.59. The van der Waals surface area contributed by atoms with Gasteiger partial charge in [-0.05, 0) is 81.9 Å². The van der Waals surface area contributed by atoms with Crippen LogP contribution in [0.4, 0.5) is 0 Å². The average Bonchev–Trinajstić information content (AvgIpc) is 3.07. The summed E-state index contributed by atoms with van der Waals surface area (Å²) in [4.78, 5) is 29.8. The largest absolute Gasteiger partial charge is 0.507 e. The van der Waals surface area contributed by atoms with Gasteiger partial charge in [0.1, 0.15) is 17.3 Å². The number of amides is 1. The van der Waals surface area contributed by atoms with Gasteiger partial charge in [0.05, 0.1) is 25.3 Å². The van der Waals surface area contributed by atoms with Gasteiger partial charge >= 0.3 is 0 Å². The molecule has 3 rings (SSSR count). The highest BCUT2D eigenvalue weighted by molar-refractivity contribution is 6.46. The fourth-order valence-corrected chi connectivity index (χ4v) is 4.15. The van der Waals surface area contributed by atoms with E-state index < -0.39 is 17.7 Å². The normalized spacial score (nSPS) is 17.5. The van der Waals surface area contributed by atoms with Crippen molar-refractivity contribution in [1.82, 2.24) is 9.80 Å². The van der Waals surface area contributed by atoms with Crippen LogP contribution < -0.4 is 9.47 Å². The van der Waals surface area contributed by atoms with E-state index >= 15 is 0 Å². The van der Waals surface area contributed by atoms with Gasteiger partial charge in [0.15, 0.2) is 0 Å². The Morgan fingerprint density at radius 1 is 1.15 bits per heavy atom. The van der Waals surface area contributed by atoms with Crippen LogP contribution in [0.5, 0.6) is 11.5 Å². The average molecular weight is 467 g/mol. The Bertz CT molecular complexity index is 1080. The van der Waals surface area contributed by atoms with Crippen LogP contribution in [-0.2, 0) is 9.59 Å². The molecule has 182 valence electrons. The fourth-order valence-electron chi connectivity index (χ4n) is 4.15. The molecule has 1 N–H and O–H groups in total. The van der Waals surface area contributed by atoms with Crippen LogP contribution in [0.25, 0.3) is 5.76 Å². The molecule has 0 aliphatic carbocycles. The van der Waals surface area contributed by atoms with Gasteiger partial charge in [-0.1, -0.05) is 19.1 Å². The van der Waals surface area contributed by atoms with Crippen LogP contribution >= 0.6 is 0 Å². The number of carbonyl (C=O) groups excluding carboxylic acids is 2. The molecule has 1 aliphatic rings. The summed E-state index contributed by atoms with van der Waals surface area (Å²) in [6.45, 7) is 5.68. The van der Waals surface area contributed by atoms with E-state index in [1.807, 2.05) is 45.0 Å². The number of methoxy groups -OCH3 is 1. The highest BCUT2D eigenvalue weighted by Crippen LogP contribution is 2.40. The van der Waals surface area contributed by atoms with Gasteiger partial charge in [-0.2, -0.15) is 0 Å². The van der Waals surface area contributed by atoms with Gasteiger partial charge in [0.2, 0.25) is 0 Å². The predicted molar refractivity (Wildman–Crippen MR) is 132 cm³/mol. The van der Waals surface area contributed by atoms with E-state index in [0.29, 0.717) is 36.4 Å². The van der Waals surface area contributed by atoms with Crippen molar-refractivity contribution in [2.75, 3.05) is 40.9 Å². The van der Waals surface area contributed by atoms with E-state index in [2.05, 4.69) is 0 Å². The van der Waals surface area contributed by atoms with Gasteiger partial charge in [-0.3, -0.25) is 9.59 Å². The summed E-state index contributed by atoms with van der Waals surface area (Å²) in [6, 6.07) is 11.9. The molecule has 1 saturated heterocycles. The zero-order valence-electron chi connectivity index (χ0n) is 20.6. The molecule has 2 aromatic rings. The second kappa shape index (κ2) is 11.2. The summed E-state index contributed by atoms with van der Waals surface area (Å²) < 4.78 is 11.1. The summed E-state index contributed by atoms with van der Waals surface area (Å²) >= 11 is 0. The maximum absolute atomic E-state index is 13.2. The third kappa shape index (κ3) is 5.42. The number of ketones is 1. The van der Waals surface area contributed by atoms with Gasteiger partial charge < -0.3 is 24.4 Å². The number of likely N-dealkylation sites (tertiary alicyclic amines) is 1. The number of rotatable bonds is 10. The minimum absolute atomic E-state index is 0.0877. The SMILES string of the molecule is CCCOc1ccc(/C(O)=C2/C(=O)C(=O)N(CCCN(C)C)C2c2cccc(OC)c2)cc1C. The first-order valence-electron chi connectivity index (χ1n) is 11.6. The molecule has 7 nitrogen and oxygen atoms in total. The lowest BCUT2D eigenvalue weighted by molar-refractivity contribution is -0.139. The summed E-state index contributed by atoms with van der Waals surface area (Å²) in [5, 5.41) is 11.3. The van der Waals surface area contributed by atoms with E-state index in [9.17, 15) is 14.7 Å². The molecule has 0 radical (unpaired) electrons. The number of aliphatic hydroxyl groups excluding tert-OH is 1. The standard InChI is InChI=1S/C27H34N2O5/c1-6-15-34-22-12-11-20(16-18(22)2)25(30)23-24(19-9-7-10-21(17-19)33-5)29(27(32)26(23)31)14-8-13-28(3)4/h7,9-12,16-17,24,30H,6,8,13-15H2,1-5H3/b25-23-. The Labute approximate surface area is 201 Å². The summed E-state index contributed by atoms with van der Waals surface area (Å²) in [7, 11) is 5.49. The van der Waals surface area contributed by atoms with Crippen molar-refractivity contribution in [3.8, 4) is 11.5 Å². The molecule has 1 aliphatic heterocycles. The third-order valence-electron chi connectivity index (χ3n) is 5.86. The van der Waals surface area contributed by atoms with Crippen LogP contribution in [0.3, 0.4) is 0 Å². The van der Waals surface area contributed by atoms with Crippen molar-refractivity contribution in [2.24, 2.45) is 0 Å². The number of Topliss-reactive ketones (excluding diaryl/α,β-unsaturated/α-hetero) is 1. The molecule has 1 atom stereocenters. The first kappa shape index (κ1) is 25.3. The number of carbonyl (C=O) groups is 2. The van der Waals surface area contributed by atoms with Crippen molar-refractivity contribution in [3.63, 3.8) is 0 Å². The summed E-state index contributed by atoms with van der Waals surface area (Å²) in [5.74, 6) is -0.130. The minimum Gasteiger partial charge on any atom is -0.507 e. The van der Waals surface area contributed by atoms with Crippen molar-refractivity contribution in [3.05, 3.63) is 64.7 Å². The molecule has 1 unspecified atom stereocenters. The maximum atomic E-state index is 13.2. The van der Waals surface area contributed by atoms with Crippen molar-refractivity contribution < 1.29 is 24.2 Å². The maximum Gasteiger partial charge on any atom is 0.295 e. The molecule has 0 bridgehead atoms. The predicted octanol–water partition coefficient (Wildman–Crippen LogP) is 4.17. The van der Waals surface area contributed by atoms with Crippen LogP contribution in [-0.4, -0.2) is 67.5 Å². The number of aryl methyl sites for hydroxylation is 1. The van der Waals surface area contributed by atoms with Crippen LogP contribution in [0, 0.1) is 6.92 Å². The second-order valence-electron chi connectivity index (χ2n) is 8.75. The van der Waals surface area contributed by atoms with Crippen molar-refractivity contribution >= 4 is 17.4 Å². The molecule has 1 heterocycles. The Morgan fingerprint density at radius 3 is 2.56 bits per heavy atom. The number of benzene rings is 2. The highest BCUT2D eigenvalue weighted by Gasteiger charge is 2.45. The third-order valence-corrected chi connectivity index (χ3v) is 5.86. The van der Waals surface area contributed by atoms with Crippen molar-refractivity contribution in [2.45, 2.75) is 32.7 Å². The summed E-state index contributed by atoms with van der Waals surface area (Å²) in [5.41, 5.74) is 2.12. The number of nitrogens with zero attached hydrogens (tertiary/aromatic N) is 2. The minimum atomic E-state index is -0.700. The van der Waals surface area contributed by atoms with Crippen LogP contribution in [0.2, 0.25) is 0 Å². The van der Waals surface area contributed by atoms with Gasteiger partial charge in [-0.15, -0.1) is 0 Å². The molecule has 1 fully saturated rings. The quantitative estimate of drug-likeness (QED) is 0.322. The Hall–Kier alpha value is -3.32. The monoisotopic (exact) mass is 466 g/mol. The second-order valence-corrected chi connectivity index (χ2v) is 8.75. The smallest absolute Gasteiger partial charge is 0.295 e. The molecule has 34 heavy (non-hydrogen) atoms. The number of aliphatic hydroxyl groups is 1. The molecule has 2 aromatic carbocycles. The number of hydrogen-bond acceptors (Lipinski definition) is 6. The Kier molecular flexibility index (Phi) is 8.34. The lowest BCUT2D eigenvalue weighted by Gasteiger charge is -2.26. The van der Waals surface area contributed by atoms with Gasteiger partial charge in [-0.25, -0.2) is 0 Å². The highest BCUT2D eigenvalue weighted by atomic mass is 16.5. The van der Waals surface area contributed by atoms with E-state index in [0.717, 1.165) is 24.3 Å². The topological polar surface area (TPSA) is 79.3 Å². The molecular weight excluding hydrogens is 432 g/mol. The van der Waals surface area contributed by atoms with E-state index in [4.69, 9.17) is 9.47 Å². The molecule has 0 spiro atoms.